The van der Waals surface area contributed by atoms with Crippen molar-refractivity contribution < 1.29 is 5.11 Å². The maximum Gasteiger partial charge on any atom is 0.157 e. The molecule has 6 heteroatoms. The zero-order valence-corrected chi connectivity index (χ0v) is 10.4. The van der Waals surface area contributed by atoms with Crippen LogP contribution in [0.25, 0.3) is 0 Å². The largest absolute Gasteiger partial charge is 0.393 e. The Labute approximate surface area is 110 Å². The Balaban J connectivity index is 2.09. The van der Waals surface area contributed by atoms with Crippen molar-refractivity contribution in [3.8, 4) is 0 Å². The van der Waals surface area contributed by atoms with Gasteiger partial charge in [-0.2, -0.15) is 0 Å². The number of nitrogens with zero attached hydrogens (tertiary/aromatic N) is 2. The lowest BCUT2D eigenvalue weighted by molar-refractivity contribution is 0.281. The van der Waals surface area contributed by atoms with Crippen LogP contribution in [0.3, 0.4) is 0 Å². The number of hydrogen-bond acceptors (Lipinski definition) is 5. The summed E-state index contributed by atoms with van der Waals surface area (Å²) in [6, 6.07) is 7.61. The van der Waals surface area contributed by atoms with Gasteiger partial charge in [-0.25, -0.2) is 9.97 Å². The van der Waals surface area contributed by atoms with Gasteiger partial charge in [-0.3, -0.25) is 0 Å². The van der Waals surface area contributed by atoms with Gasteiger partial charge in [-0.05, 0) is 11.1 Å². The second kappa shape index (κ2) is 5.66. The summed E-state index contributed by atoms with van der Waals surface area (Å²) in [5.74, 6) is 0.504. The third-order valence-corrected chi connectivity index (χ3v) is 2.77. The molecule has 0 spiro atoms. The monoisotopic (exact) mass is 264 g/mol. The van der Waals surface area contributed by atoms with Crippen LogP contribution in [-0.2, 0) is 13.2 Å². The van der Waals surface area contributed by atoms with Crippen molar-refractivity contribution in [2.75, 3.05) is 11.1 Å². The molecule has 0 atom stereocenters. The van der Waals surface area contributed by atoms with Gasteiger partial charge >= 0.3 is 0 Å². The summed E-state index contributed by atoms with van der Waals surface area (Å²) < 4.78 is 0. The highest BCUT2D eigenvalue weighted by Gasteiger charge is 2.05. The number of hydrogen-bond donors (Lipinski definition) is 3. The van der Waals surface area contributed by atoms with Crippen LogP contribution in [-0.4, -0.2) is 15.1 Å². The lowest BCUT2D eigenvalue weighted by Crippen LogP contribution is -2.06. The van der Waals surface area contributed by atoms with Crippen molar-refractivity contribution in [1.82, 2.24) is 9.97 Å². The molecule has 1 aromatic carbocycles. The van der Waals surface area contributed by atoms with Crippen molar-refractivity contribution in [1.29, 1.82) is 0 Å². The van der Waals surface area contributed by atoms with Crippen molar-refractivity contribution in [2.24, 2.45) is 0 Å². The van der Waals surface area contributed by atoms with Crippen LogP contribution < -0.4 is 11.1 Å². The molecule has 0 fully saturated rings. The van der Waals surface area contributed by atoms with Crippen LogP contribution in [0.4, 0.5) is 11.5 Å². The summed E-state index contributed by atoms with van der Waals surface area (Å²) in [6.45, 7) is 0.570. The average molecular weight is 265 g/mol. The fraction of sp³-hybridized carbons (Fsp3) is 0.167. The van der Waals surface area contributed by atoms with Gasteiger partial charge in [0.15, 0.2) is 11.0 Å². The van der Waals surface area contributed by atoms with Crippen LogP contribution in [0, 0.1) is 0 Å². The fourth-order valence-electron chi connectivity index (χ4n) is 1.54. The molecule has 0 aliphatic heterocycles. The molecule has 18 heavy (non-hydrogen) atoms. The highest BCUT2D eigenvalue weighted by atomic mass is 35.5. The Morgan fingerprint density at radius 1 is 1.28 bits per heavy atom. The summed E-state index contributed by atoms with van der Waals surface area (Å²) in [5, 5.41) is 12.4. The molecule has 1 aromatic heterocycles. The van der Waals surface area contributed by atoms with E-state index in [1.54, 1.807) is 0 Å². The number of aliphatic hydroxyl groups excluding tert-OH is 1. The third-order valence-electron chi connectivity index (χ3n) is 2.47. The Morgan fingerprint density at radius 2 is 2.06 bits per heavy atom. The van der Waals surface area contributed by atoms with E-state index in [-0.39, 0.29) is 11.8 Å². The molecule has 1 heterocycles. The second-order valence-electron chi connectivity index (χ2n) is 3.76. The zero-order valence-electron chi connectivity index (χ0n) is 9.60. The number of aromatic nitrogens is 2. The van der Waals surface area contributed by atoms with E-state index in [0.29, 0.717) is 18.1 Å². The number of halogens is 1. The van der Waals surface area contributed by atoms with Gasteiger partial charge in [0.2, 0.25) is 0 Å². The van der Waals surface area contributed by atoms with Crippen LogP contribution in [0.2, 0.25) is 5.15 Å². The Morgan fingerprint density at radius 3 is 2.83 bits per heavy atom. The van der Waals surface area contributed by atoms with E-state index in [1.807, 2.05) is 24.3 Å². The predicted molar refractivity (Wildman–Crippen MR) is 71.1 cm³/mol. The molecular weight excluding hydrogens is 252 g/mol. The van der Waals surface area contributed by atoms with Gasteiger partial charge in [0.25, 0.3) is 0 Å². The molecule has 0 aliphatic rings. The second-order valence-corrected chi connectivity index (χ2v) is 4.12. The summed E-state index contributed by atoms with van der Waals surface area (Å²) in [6.07, 6.45) is 1.35. The first-order chi connectivity index (χ1) is 8.70. The number of benzene rings is 1. The maximum absolute atomic E-state index is 9.05. The minimum Gasteiger partial charge on any atom is -0.393 e. The molecule has 0 amide bonds. The van der Waals surface area contributed by atoms with Crippen molar-refractivity contribution >= 4 is 23.1 Å². The molecule has 0 saturated carbocycles. The minimum absolute atomic E-state index is 0.0231. The van der Waals surface area contributed by atoms with Gasteiger partial charge in [0.1, 0.15) is 12.0 Å². The molecule has 0 radical (unpaired) electrons. The molecule has 4 N–H and O–H groups in total. The number of nitrogens with two attached hydrogens (primary N) is 1. The molecule has 0 unspecified atom stereocenters. The molecule has 2 aromatic rings. The summed E-state index contributed by atoms with van der Waals surface area (Å²) in [5.41, 5.74) is 7.96. The molecule has 94 valence electrons. The molecule has 0 aliphatic carbocycles. The van der Waals surface area contributed by atoms with Gasteiger partial charge in [0.05, 0.1) is 6.61 Å². The Kier molecular flexibility index (Phi) is 3.96. The Bertz CT molecular complexity index is 547. The topological polar surface area (TPSA) is 84.1 Å². The first kappa shape index (κ1) is 12.6. The zero-order chi connectivity index (χ0) is 13.0. The Hall–Kier alpha value is -1.85. The summed E-state index contributed by atoms with van der Waals surface area (Å²) in [4.78, 5) is 7.79. The molecule has 5 nitrogen and oxygen atoms in total. The van der Waals surface area contributed by atoms with Crippen molar-refractivity contribution in [3.05, 3.63) is 46.9 Å². The van der Waals surface area contributed by atoms with E-state index in [4.69, 9.17) is 22.4 Å². The minimum atomic E-state index is 0.0231. The number of rotatable bonds is 4. The van der Waals surface area contributed by atoms with Crippen LogP contribution in [0.15, 0.2) is 30.6 Å². The van der Waals surface area contributed by atoms with Gasteiger partial charge < -0.3 is 16.2 Å². The maximum atomic E-state index is 9.05. The highest BCUT2D eigenvalue weighted by Crippen LogP contribution is 2.22. The van der Waals surface area contributed by atoms with Crippen molar-refractivity contribution in [3.63, 3.8) is 0 Å². The lowest BCUT2D eigenvalue weighted by Gasteiger charge is -2.09. The highest BCUT2D eigenvalue weighted by molar-refractivity contribution is 6.32. The van der Waals surface area contributed by atoms with E-state index in [9.17, 15) is 0 Å². The third kappa shape index (κ3) is 2.88. The molecule has 0 bridgehead atoms. The first-order valence-corrected chi connectivity index (χ1v) is 5.77. The van der Waals surface area contributed by atoms with E-state index in [2.05, 4.69) is 15.3 Å². The number of anilines is 2. The first-order valence-electron chi connectivity index (χ1n) is 5.39. The fourth-order valence-corrected chi connectivity index (χ4v) is 1.67. The number of nitrogen functional groups attached to an aromatic ring is 1. The van der Waals surface area contributed by atoms with Gasteiger partial charge in [0, 0.05) is 6.54 Å². The predicted octanol–water partition coefficient (Wildman–Crippen LogP) is 1.82. The molecule has 0 saturated heterocycles. The van der Waals surface area contributed by atoms with Crippen molar-refractivity contribution in [2.45, 2.75) is 13.2 Å². The van der Waals surface area contributed by atoms with E-state index in [1.165, 1.54) is 6.33 Å². The van der Waals surface area contributed by atoms with Gasteiger partial charge in [-0.1, -0.05) is 35.9 Å². The number of nitrogens with one attached hydrogen (secondary N) is 1. The molecule has 2 rings (SSSR count). The van der Waals surface area contributed by atoms with Crippen LogP contribution >= 0.6 is 11.6 Å². The van der Waals surface area contributed by atoms with Crippen LogP contribution in [0.5, 0.6) is 0 Å². The van der Waals surface area contributed by atoms with E-state index < -0.39 is 0 Å². The number of aliphatic hydroxyl groups is 1. The SMILES string of the molecule is Nc1c(Cl)ncnc1NCc1cccc(CO)c1. The quantitative estimate of drug-likeness (QED) is 0.734. The lowest BCUT2D eigenvalue weighted by atomic mass is 10.1. The normalized spacial score (nSPS) is 10.3. The standard InChI is InChI=1S/C12H13ClN4O/c13-11-10(14)12(17-7-16-11)15-5-8-2-1-3-9(4-8)6-18/h1-4,7,18H,5-6,14H2,(H,15,16,17). The smallest absolute Gasteiger partial charge is 0.157 e. The van der Waals surface area contributed by atoms with E-state index in [0.717, 1.165) is 11.1 Å². The average Bonchev–Trinajstić information content (AvgIpc) is 2.41. The molecular formula is C12H13ClN4O. The van der Waals surface area contributed by atoms with Gasteiger partial charge in [-0.15, -0.1) is 0 Å². The van der Waals surface area contributed by atoms with Crippen LogP contribution in [0.1, 0.15) is 11.1 Å². The van der Waals surface area contributed by atoms with E-state index >= 15 is 0 Å². The summed E-state index contributed by atoms with van der Waals surface area (Å²) >= 11 is 5.79. The summed E-state index contributed by atoms with van der Waals surface area (Å²) in [7, 11) is 0.